The summed E-state index contributed by atoms with van der Waals surface area (Å²) in [7, 11) is 0. The van der Waals surface area contributed by atoms with E-state index in [0.717, 1.165) is 19.4 Å². The fourth-order valence-electron chi connectivity index (χ4n) is 2.66. The molecule has 1 atom stereocenters. The van der Waals surface area contributed by atoms with Crippen molar-refractivity contribution in [3.05, 3.63) is 29.8 Å². The summed E-state index contributed by atoms with van der Waals surface area (Å²) in [5.41, 5.74) is 1.92. The fraction of sp³-hybridized carbons (Fsp3) is 0.533. The molecule has 0 spiro atoms. The van der Waals surface area contributed by atoms with Crippen molar-refractivity contribution in [3.63, 3.8) is 0 Å². The SMILES string of the molecule is CC1(O)CCCN(CCOc2ccccc2C(=O)NN)C1. The topological polar surface area (TPSA) is 87.8 Å². The van der Waals surface area contributed by atoms with Crippen molar-refractivity contribution in [1.29, 1.82) is 0 Å². The van der Waals surface area contributed by atoms with Crippen LogP contribution in [0.5, 0.6) is 5.75 Å². The van der Waals surface area contributed by atoms with Crippen LogP contribution in [0.15, 0.2) is 24.3 Å². The van der Waals surface area contributed by atoms with E-state index >= 15 is 0 Å². The van der Waals surface area contributed by atoms with Gasteiger partial charge in [0.05, 0.1) is 11.2 Å². The molecule has 1 aliphatic rings. The highest BCUT2D eigenvalue weighted by atomic mass is 16.5. The van der Waals surface area contributed by atoms with Crippen LogP contribution in [-0.2, 0) is 0 Å². The third-order valence-corrected chi connectivity index (χ3v) is 3.68. The number of piperidine rings is 1. The molecule has 1 unspecified atom stereocenters. The summed E-state index contributed by atoms with van der Waals surface area (Å²) in [6.07, 6.45) is 1.82. The second-order valence-electron chi connectivity index (χ2n) is 5.69. The maximum absolute atomic E-state index is 11.6. The Bertz CT molecular complexity index is 491. The van der Waals surface area contributed by atoms with E-state index in [4.69, 9.17) is 10.6 Å². The number of nitrogens with two attached hydrogens (primary N) is 1. The molecule has 116 valence electrons. The Labute approximate surface area is 124 Å². The Morgan fingerprint density at radius 3 is 3.00 bits per heavy atom. The summed E-state index contributed by atoms with van der Waals surface area (Å²) in [4.78, 5) is 13.8. The number of carbonyl (C=O) groups excluding carboxylic acids is 1. The van der Waals surface area contributed by atoms with Gasteiger partial charge in [-0.1, -0.05) is 12.1 Å². The molecule has 2 rings (SSSR count). The molecule has 1 aromatic rings. The molecule has 1 heterocycles. The number of amides is 1. The van der Waals surface area contributed by atoms with Gasteiger partial charge in [0, 0.05) is 13.1 Å². The van der Waals surface area contributed by atoms with Crippen LogP contribution < -0.4 is 16.0 Å². The molecule has 4 N–H and O–H groups in total. The van der Waals surface area contributed by atoms with Gasteiger partial charge in [-0.3, -0.25) is 15.1 Å². The van der Waals surface area contributed by atoms with Gasteiger partial charge in [-0.15, -0.1) is 0 Å². The number of nitrogens with one attached hydrogen (secondary N) is 1. The van der Waals surface area contributed by atoms with Gasteiger partial charge in [0.2, 0.25) is 0 Å². The summed E-state index contributed by atoms with van der Waals surface area (Å²) >= 11 is 0. The van der Waals surface area contributed by atoms with Gasteiger partial charge in [0.1, 0.15) is 12.4 Å². The van der Waals surface area contributed by atoms with E-state index in [9.17, 15) is 9.90 Å². The van der Waals surface area contributed by atoms with Gasteiger partial charge in [-0.2, -0.15) is 0 Å². The van der Waals surface area contributed by atoms with Gasteiger partial charge < -0.3 is 9.84 Å². The number of hydrazine groups is 1. The van der Waals surface area contributed by atoms with Crippen molar-refractivity contribution in [2.24, 2.45) is 5.84 Å². The number of likely N-dealkylation sites (tertiary alicyclic amines) is 1. The standard InChI is InChI=1S/C15H23N3O3/c1-15(20)7-4-8-18(11-15)9-10-21-13-6-3-2-5-12(13)14(19)17-16/h2-3,5-6,20H,4,7-11,16H2,1H3,(H,17,19). The quantitative estimate of drug-likeness (QED) is 0.418. The van der Waals surface area contributed by atoms with Gasteiger partial charge in [0.15, 0.2) is 0 Å². The lowest BCUT2D eigenvalue weighted by atomic mass is 9.95. The van der Waals surface area contributed by atoms with E-state index in [1.807, 2.05) is 13.0 Å². The minimum atomic E-state index is -0.615. The minimum absolute atomic E-state index is 0.369. The first kappa shape index (κ1) is 15.8. The van der Waals surface area contributed by atoms with Crippen LogP contribution in [0.1, 0.15) is 30.1 Å². The molecule has 0 bridgehead atoms. The lowest BCUT2D eigenvalue weighted by Gasteiger charge is -2.36. The van der Waals surface area contributed by atoms with E-state index in [1.165, 1.54) is 0 Å². The van der Waals surface area contributed by atoms with Crippen LogP contribution >= 0.6 is 0 Å². The monoisotopic (exact) mass is 293 g/mol. The van der Waals surface area contributed by atoms with Crippen molar-refractivity contribution in [1.82, 2.24) is 10.3 Å². The van der Waals surface area contributed by atoms with Crippen LogP contribution in [0, 0.1) is 0 Å². The number of aliphatic hydroxyl groups is 1. The number of benzene rings is 1. The molecular weight excluding hydrogens is 270 g/mol. The largest absolute Gasteiger partial charge is 0.491 e. The molecule has 1 saturated heterocycles. The molecule has 21 heavy (non-hydrogen) atoms. The molecule has 0 saturated carbocycles. The molecule has 0 aromatic heterocycles. The molecule has 0 aliphatic carbocycles. The van der Waals surface area contributed by atoms with Gasteiger partial charge in [-0.05, 0) is 38.4 Å². The summed E-state index contributed by atoms with van der Waals surface area (Å²) in [5.74, 6) is 5.31. The number of hydrogen-bond acceptors (Lipinski definition) is 5. The zero-order chi connectivity index (χ0) is 15.3. The summed E-state index contributed by atoms with van der Waals surface area (Å²) in [6.45, 7) is 4.66. The molecule has 1 amide bonds. The molecule has 1 fully saturated rings. The van der Waals surface area contributed by atoms with Gasteiger partial charge >= 0.3 is 0 Å². The van der Waals surface area contributed by atoms with E-state index in [-0.39, 0.29) is 5.91 Å². The maximum atomic E-state index is 11.6. The highest BCUT2D eigenvalue weighted by Gasteiger charge is 2.27. The second kappa shape index (κ2) is 6.89. The third-order valence-electron chi connectivity index (χ3n) is 3.68. The number of ether oxygens (including phenoxy) is 1. The normalized spacial score (nSPS) is 22.8. The molecule has 0 radical (unpaired) electrons. The highest BCUT2D eigenvalue weighted by Crippen LogP contribution is 2.21. The highest BCUT2D eigenvalue weighted by molar-refractivity contribution is 5.96. The van der Waals surface area contributed by atoms with E-state index in [0.29, 0.717) is 31.0 Å². The summed E-state index contributed by atoms with van der Waals surface area (Å²) < 4.78 is 5.69. The zero-order valence-corrected chi connectivity index (χ0v) is 12.3. The predicted octanol–water partition coefficient (Wildman–Crippen LogP) is 0.516. The van der Waals surface area contributed by atoms with Crippen molar-refractivity contribution in [3.8, 4) is 5.75 Å². The number of para-hydroxylation sites is 1. The molecule has 6 heteroatoms. The number of nitrogen functional groups attached to an aromatic ring is 1. The lowest BCUT2D eigenvalue weighted by molar-refractivity contribution is -0.0183. The first-order valence-electron chi connectivity index (χ1n) is 7.19. The lowest BCUT2D eigenvalue weighted by Crippen LogP contribution is -2.47. The Hall–Kier alpha value is -1.63. The minimum Gasteiger partial charge on any atom is -0.491 e. The number of nitrogens with zero attached hydrogens (tertiary/aromatic N) is 1. The van der Waals surface area contributed by atoms with Crippen molar-refractivity contribution in [2.45, 2.75) is 25.4 Å². The van der Waals surface area contributed by atoms with Crippen LogP contribution in [0.25, 0.3) is 0 Å². The summed E-state index contributed by atoms with van der Waals surface area (Å²) in [6, 6.07) is 6.99. The average molecular weight is 293 g/mol. The Kier molecular flexibility index (Phi) is 5.17. The first-order valence-corrected chi connectivity index (χ1v) is 7.19. The van der Waals surface area contributed by atoms with E-state index < -0.39 is 5.60 Å². The van der Waals surface area contributed by atoms with Crippen molar-refractivity contribution >= 4 is 5.91 Å². The average Bonchev–Trinajstić information content (AvgIpc) is 2.46. The smallest absolute Gasteiger partial charge is 0.268 e. The number of rotatable bonds is 5. The number of β-amino-alcohol motifs (C(OH)–C–C–N with tert-alkyl or cyclic N) is 1. The van der Waals surface area contributed by atoms with E-state index in [1.54, 1.807) is 18.2 Å². The Balaban J connectivity index is 1.88. The van der Waals surface area contributed by atoms with E-state index in [2.05, 4.69) is 10.3 Å². The maximum Gasteiger partial charge on any atom is 0.268 e. The van der Waals surface area contributed by atoms with Crippen LogP contribution in [0.3, 0.4) is 0 Å². The fourth-order valence-corrected chi connectivity index (χ4v) is 2.66. The summed E-state index contributed by atoms with van der Waals surface area (Å²) in [5, 5.41) is 10.1. The number of hydrogen-bond donors (Lipinski definition) is 3. The molecule has 1 aromatic carbocycles. The van der Waals surface area contributed by atoms with Gasteiger partial charge in [-0.25, -0.2) is 5.84 Å². The molecule has 6 nitrogen and oxygen atoms in total. The zero-order valence-electron chi connectivity index (χ0n) is 12.3. The molecular formula is C15H23N3O3. The van der Waals surface area contributed by atoms with Crippen LogP contribution in [0.2, 0.25) is 0 Å². The van der Waals surface area contributed by atoms with Crippen LogP contribution in [-0.4, -0.2) is 47.8 Å². The Morgan fingerprint density at radius 2 is 2.29 bits per heavy atom. The third kappa shape index (κ3) is 4.42. The van der Waals surface area contributed by atoms with Crippen molar-refractivity contribution < 1.29 is 14.6 Å². The van der Waals surface area contributed by atoms with Crippen LogP contribution in [0.4, 0.5) is 0 Å². The second-order valence-corrected chi connectivity index (χ2v) is 5.69. The van der Waals surface area contributed by atoms with Crippen molar-refractivity contribution in [2.75, 3.05) is 26.2 Å². The first-order chi connectivity index (χ1) is 10.0. The Morgan fingerprint density at radius 1 is 1.52 bits per heavy atom. The number of carbonyl (C=O) groups is 1. The predicted molar refractivity (Wildman–Crippen MR) is 79.9 cm³/mol. The molecule has 1 aliphatic heterocycles. The van der Waals surface area contributed by atoms with Gasteiger partial charge in [0.25, 0.3) is 5.91 Å².